The van der Waals surface area contributed by atoms with Gasteiger partial charge in [-0.2, -0.15) is 15.0 Å². The predicted molar refractivity (Wildman–Crippen MR) is 139 cm³/mol. The van der Waals surface area contributed by atoms with Gasteiger partial charge in [-0.25, -0.2) is 9.59 Å². The summed E-state index contributed by atoms with van der Waals surface area (Å²) < 4.78 is 5.69. The maximum Gasteiger partial charge on any atom is 0.326 e. The highest BCUT2D eigenvalue weighted by atomic mass is 35.5. The number of amides is 4. The zero-order valence-corrected chi connectivity index (χ0v) is 20.0. The lowest BCUT2D eigenvalue weighted by Crippen LogP contribution is -2.24. The molecule has 0 aliphatic carbocycles. The standard InChI is InChI=1S/C24H19Cl2N7O3/c25-15-6-10-17(11-7-15)27-23(34)32-21-29-20(14-36-19-4-2-1-3-5-19)30-22(31-21)33-24(35)28-18-12-8-16(26)9-13-18/h1-13H,14H2,(H4,27,28,29,30,31,32,33,34,35). The van der Waals surface area contributed by atoms with Crippen molar-refractivity contribution in [2.75, 3.05) is 21.3 Å². The van der Waals surface area contributed by atoms with Crippen LogP contribution in [0.4, 0.5) is 32.9 Å². The molecule has 0 unspecified atom stereocenters. The van der Waals surface area contributed by atoms with Gasteiger partial charge in [-0.3, -0.25) is 10.6 Å². The van der Waals surface area contributed by atoms with Crippen LogP contribution in [0.25, 0.3) is 0 Å². The van der Waals surface area contributed by atoms with Gasteiger partial charge >= 0.3 is 12.1 Å². The molecule has 182 valence electrons. The lowest BCUT2D eigenvalue weighted by atomic mass is 10.3. The van der Waals surface area contributed by atoms with Gasteiger partial charge in [0.25, 0.3) is 0 Å². The Kier molecular flexibility index (Phi) is 8.12. The number of hydrogen-bond acceptors (Lipinski definition) is 6. The van der Waals surface area contributed by atoms with E-state index in [-0.39, 0.29) is 24.3 Å². The van der Waals surface area contributed by atoms with E-state index in [0.29, 0.717) is 27.2 Å². The third kappa shape index (κ3) is 7.55. The second-order valence-electron chi connectivity index (χ2n) is 7.17. The first-order valence-corrected chi connectivity index (χ1v) is 11.3. The van der Waals surface area contributed by atoms with E-state index in [1.54, 1.807) is 60.7 Å². The molecule has 4 amide bonds. The second kappa shape index (κ2) is 11.8. The molecule has 0 atom stereocenters. The first-order chi connectivity index (χ1) is 17.4. The Balaban J connectivity index is 1.48. The molecule has 0 aliphatic rings. The molecule has 1 aromatic heterocycles. The number of ether oxygens (including phenoxy) is 1. The minimum absolute atomic E-state index is 0.0342. The van der Waals surface area contributed by atoms with Crippen LogP contribution in [0, 0.1) is 0 Å². The Bertz CT molecular complexity index is 1260. The van der Waals surface area contributed by atoms with Crippen LogP contribution < -0.4 is 26.0 Å². The van der Waals surface area contributed by atoms with E-state index >= 15 is 0 Å². The zero-order valence-electron chi connectivity index (χ0n) is 18.5. The smallest absolute Gasteiger partial charge is 0.326 e. The maximum atomic E-state index is 12.5. The molecule has 4 N–H and O–H groups in total. The Hall–Kier alpha value is -4.41. The van der Waals surface area contributed by atoms with Crippen molar-refractivity contribution in [3.63, 3.8) is 0 Å². The van der Waals surface area contributed by atoms with Crippen LogP contribution in [-0.4, -0.2) is 27.0 Å². The predicted octanol–water partition coefficient (Wildman–Crippen LogP) is 6.05. The number of carbonyl (C=O) groups is 2. The van der Waals surface area contributed by atoms with Crippen LogP contribution in [0.3, 0.4) is 0 Å². The molecule has 0 radical (unpaired) electrons. The van der Waals surface area contributed by atoms with Crippen LogP contribution in [0.15, 0.2) is 78.9 Å². The summed E-state index contributed by atoms with van der Waals surface area (Å²) in [5, 5.41) is 11.4. The van der Waals surface area contributed by atoms with Crippen LogP contribution in [0.5, 0.6) is 5.75 Å². The highest BCUT2D eigenvalue weighted by Crippen LogP contribution is 2.16. The summed E-state index contributed by atoms with van der Waals surface area (Å²) in [5.41, 5.74) is 1.03. The van der Waals surface area contributed by atoms with Gasteiger partial charge in [0.1, 0.15) is 12.4 Å². The van der Waals surface area contributed by atoms with Crippen molar-refractivity contribution >= 4 is 58.5 Å². The monoisotopic (exact) mass is 523 g/mol. The Labute approximate surface area is 216 Å². The SMILES string of the molecule is O=C(Nc1ccc(Cl)cc1)Nc1nc(COc2ccccc2)nc(NC(=O)Nc2ccc(Cl)cc2)n1. The number of hydrogen-bond donors (Lipinski definition) is 4. The average Bonchev–Trinajstić information content (AvgIpc) is 2.86. The van der Waals surface area contributed by atoms with Crippen LogP contribution in [-0.2, 0) is 6.61 Å². The van der Waals surface area contributed by atoms with E-state index in [0.717, 1.165) is 0 Å². The van der Waals surface area contributed by atoms with Crippen molar-refractivity contribution in [1.29, 1.82) is 0 Å². The van der Waals surface area contributed by atoms with Crippen molar-refractivity contribution in [2.24, 2.45) is 0 Å². The molecule has 0 saturated heterocycles. The molecule has 10 nitrogen and oxygen atoms in total. The van der Waals surface area contributed by atoms with Gasteiger partial charge in [0.15, 0.2) is 5.82 Å². The van der Waals surface area contributed by atoms with E-state index in [1.807, 2.05) is 18.2 Å². The highest BCUT2D eigenvalue weighted by molar-refractivity contribution is 6.31. The van der Waals surface area contributed by atoms with Gasteiger partial charge < -0.3 is 15.4 Å². The Morgan fingerprint density at radius 1 is 0.639 bits per heavy atom. The molecular weight excluding hydrogens is 505 g/mol. The number of anilines is 4. The summed E-state index contributed by atoms with van der Waals surface area (Å²) in [5.74, 6) is 0.593. The molecule has 0 aliphatic heterocycles. The summed E-state index contributed by atoms with van der Waals surface area (Å²) >= 11 is 11.7. The summed E-state index contributed by atoms with van der Waals surface area (Å²) in [6, 6.07) is 21.0. The quantitative estimate of drug-likeness (QED) is 0.233. The van der Waals surface area contributed by atoms with Gasteiger partial charge in [0.2, 0.25) is 11.9 Å². The fourth-order valence-electron chi connectivity index (χ4n) is 2.85. The Morgan fingerprint density at radius 2 is 1.11 bits per heavy atom. The summed E-state index contributed by atoms with van der Waals surface area (Å²) in [4.78, 5) is 37.5. The lowest BCUT2D eigenvalue weighted by molar-refractivity contribution is 0.261. The summed E-state index contributed by atoms with van der Waals surface area (Å²) in [6.07, 6.45) is 0. The number of para-hydroxylation sites is 1. The largest absolute Gasteiger partial charge is 0.486 e. The minimum Gasteiger partial charge on any atom is -0.486 e. The van der Waals surface area contributed by atoms with Crippen LogP contribution in [0.2, 0.25) is 10.0 Å². The van der Waals surface area contributed by atoms with Crippen molar-refractivity contribution in [1.82, 2.24) is 15.0 Å². The first kappa shape index (κ1) is 24.7. The zero-order chi connectivity index (χ0) is 25.3. The van der Waals surface area contributed by atoms with Crippen molar-refractivity contribution in [3.05, 3.63) is 94.7 Å². The van der Waals surface area contributed by atoms with Gasteiger partial charge in [0, 0.05) is 21.4 Å². The van der Waals surface area contributed by atoms with Crippen molar-refractivity contribution in [3.8, 4) is 5.75 Å². The first-order valence-electron chi connectivity index (χ1n) is 10.5. The van der Waals surface area contributed by atoms with E-state index in [2.05, 4.69) is 36.2 Å². The molecule has 4 rings (SSSR count). The summed E-state index contributed by atoms with van der Waals surface area (Å²) in [7, 11) is 0. The fourth-order valence-corrected chi connectivity index (χ4v) is 3.11. The molecular formula is C24H19Cl2N7O3. The normalized spacial score (nSPS) is 10.3. The third-order valence-electron chi connectivity index (χ3n) is 4.45. The van der Waals surface area contributed by atoms with Crippen molar-refractivity contribution in [2.45, 2.75) is 6.61 Å². The van der Waals surface area contributed by atoms with Gasteiger partial charge in [0.05, 0.1) is 0 Å². The number of benzene rings is 3. The maximum absolute atomic E-state index is 12.5. The molecule has 0 saturated carbocycles. The van der Waals surface area contributed by atoms with E-state index in [4.69, 9.17) is 27.9 Å². The van der Waals surface area contributed by atoms with Crippen LogP contribution in [0.1, 0.15) is 5.82 Å². The third-order valence-corrected chi connectivity index (χ3v) is 4.95. The lowest BCUT2D eigenvalue weighted by Gasteiger charge is -2.11. The van der Waals surface area contributed by atoms with E-state index in [9.17, 15) is 9.59 Å². The fraction of sp³-hybridized carbons (Fsp3) is 0.0417. The number of rotatable bonds is 7. The molecule has 0 fully saturated rings. The number of carbonyl (C=O) groups excluding carboxylic acids is 2. The van der Waals surface area contributed by atoms with Gasteiger partial charge in [-0.1, -0.05) is 41.4 Å². The number of halogens is 2. The second-order valence-corrected chi connectivity index (χ2v) is 8.05. The van der Waals surface area contributed by atoms with Crippen molar-refractivity contribution < 1.29 is 14.3 Å². The Morgan fingerprint density at radius 3 is 1.58 bits per heavy atom. The molecule has 36 heavy (non-hydrogen) atoms. The number of nitrogens with one attached hydrogen (secondary N) is 4. The average molecular weight is 524 g/mol. The number of urea groups is 2. The van der Waals surface area contributed by atoms with Gasteiger partial charge in [-0.05, 0) is 60.7 Å². The summed E-state index contributed by atoms with van der Waals surface area (Å²) in [6.45, 7) is -0.0342. The van der Waals surface area contributed by atoms with E-state index < -0.39 is 12.1 Å². The molecule has 12 heteroatoms. The molecule has 0 spiro atoms. The number of aromatic nitrogens is 3. The molecule has 1 heterocycles. The van der Waals surface area contributed by atoms with Crippen LogP contribution >= 0.6 is 23.2 Å². The molecule has 4 aromatic rings. The van der Waals surface area contributed by atoms with Gasteiger partial charge in [-0.15, -0.1) is 0 Å². The number of nitrogens with zero attached hydrogens (tertiary/aromatic N) is 3. The van der Waals surface area contributed by atoms with E-state index in [1.165, 1.54) is 0 Å². The minimum atomic E-state index is -0.602. The molecule has 3 aromatic carbocycles. The highest BCUT2D eigenvalue weighted by Gasteiger charge is 2.13. The molecule has 0 bridgehead atoms. The topological polar surface area (TPSA) is 130 Å².